The van der Waals surface area contributed by atoms with Crippen LogP contribution in [0.15, 0.2) is 48.7 Å². The molecule has 0 radical (unpaired) electrons. The number of pyridine rings is 1. The third kappa shape index (κ3) is 3.38. The van der Waals surface area contributed by atoms with Gasteiger partial charge in [-0.3, -0.25) is 4.98 Å². The van der Waals surface area contributed by atoms with Crippen LogP contribution in [0, 0.1) is 5.82 Å². The molecule has 0 bridgehead atoms. The van der Waals surface area contributed by atoms with Crippen LogP contribution in [0.5, 0.6) is 0 Å². The minimum Gasteiger partial charge on any atom is -0.320 e. The standard InChI is InChI=1S/C16H19FN2/c1-2-16(18,15-9-8-14(17)12-19-15)11-10-13-6-4-3-5-7-13/h3-9,12H,2,10-11,18H2,1H3. The van der Waals surface area contributed by atoms with E-state index >= 15 is 0 Å². The van der Waals surface area contributed by atoms with Crippen molar-refractivity contribution < 1.29 is 4.39 Å². The normalized spacial score (nSPS) is 14.1. The van der Waals surface area contributed by atoms with Crippen molar-refractivity contribution in [2.24, 2.45) is 5.73 Å². The number of nitrogens with zero attached hydrogens (tertiary/aromatic N) is 1. The molecule has 0 fully saturated rings. The van der Waals surface area contributed by atoms with Gasteiger partial charge in [-0.05, 0) is 37.0 Å². The van der Waals surface area contributed by atoms with Gasteiger partial charge in [0.15, 0.2) is 0 Å². The summed E-state index contributed by atoms with van der Waals surface area (Å²) in [5.74, 6) is -0.328. The van der Waals surface area contributed by atoms with Crippen LogP contribution in [0.2, 0.25) is 0 Å². The summed E-state index contributed by atoms with van der Waals surface area (Å²) in [6.07, 6.45) is 3.70. The van der Waals surface area contributed by atoms with Crippen LogP contribution in [0.25, 0.3) is 0 Å². The van der Waals surface area contributed by atoms with Crippen molar-refractivity contribution in [3.8, 4) is 0 Å². The van der Waals surface area contributed by atoms with E-state index in [1.54, 1.807) is 6.07 Å². The first-order valence-electron chi connectivity index (χ1n) is 6.59. The molecule has 1 aromatic carbocycles. The van der Waals surface area contributed by atoms with Gasteiger partial charge in [-0.2, -0.15) is 0 Å². The molecule has 0 aliphatic rings. The molecular formula is C16H19FN2. The van der Waals surface area contributed by atoms with Gasteiger partial charge in [-0.15, -0.1) is 0 Å². The average molecular weight is 258 g/mol. The molecule has 0 spiro atoms. The molecule has 100 valence electrons. The minimum atomic E-state index is -0.496. The molecule has 1 atom stereocenters. The lowest BCUT2D eigenvalue weighted by Gasteiger charge is -2.27. The Morgan fingerprint density at radius 1 is 1.16 bits per heavy atom. The highest BCUT2D eigenvalue weighted by Crippen LogP contribution is 2.26. The molecule has 1 heterocycles. The summed E-state index contributed by atoms with van der Waals surface area (Å²) in [6, 6.07) is 13.3. The summed E-state index contributed by atoms with van der Waals surface area (Å²) in [6.45, 7) is 2.04. The Balaban J connectivity index is 2.12. The van der Waals surface area contributed by atoms with Crippen molar-refractivity contribution in [2.45, 2.75) is 31.7 Å². The number of aryl methyl sites for hydroxylation is 1. The van der Waals surface area contributed by atoms with Crippen LogP contribution in [0.1, 0.15) is 31.0 Å². The van der Waals surface area contributed by atoms with Crippen LogP contribution in [-0.2, 0) is 12.0 Å². The minimum absolute atomic E-state index is 0.328. The van der Waals surface area contributed by atoms with E-state index < -0.39 is 5.54 Å². The lowest BCUT2D eigenvalue weighted by atomic mass is 9.86. The molecule has 19 heavy (non-hydrogen) atoms. The summed E-state index contributed by atoms with van der Waals surface area (Å²) in [4.78, 5) is 4.13. The molecule has 1 unspecified atom stereocenters. The van der Waals surface area contributed by atoms with Gasteiger partial charge in [0, 0.05) is 0 Å². The SMILES string of the molecule is CCC(N)(CCc1ccccc1)c1ccc(F)cn1. The van der Waals surface area contributed by atoms with Gasteiger partial charge >= 0.3 is 0 Å². The zero-order valence-electron chi connectivity index (χ0n) is 11.1. The van der Waals surface area contributed by atoms with Crippen LogP contribution < -0.4 is 5.73 Å². The Labute approximate surface area is 113 Å². The Morgan fingerprint density at radius 3 is 2.47 bits per heavy atom. The largest absolute Gasteiger partial charge is 0.320 e. The Kier molecular flexibility index (Phi) is 4.27. The molecular weight excluding hydrogens is 239 g/mol. The summed E-state index contributed by atoms with van der Waals surface area (Å²) in [5, 5.41) is 0. The van der Waals surface area contributed by atoms with E-state index in [2.05, 4.69) is 17.1 Å². The van der Waals surface area contributed by atoms with E-state index in [9.17, 15) is 4.39 Å². The smallest absolute Gasteiger partial charge is 0.141 e. The van der Waals surface area contributed by atoms with Crippen LogP contribution >= 0.6 is 0 Å². The Morgan fingerprint density at radius 2 is 1.89 bits per heavy atom. The first-order valence-corrected chi connectivity index (χ1v) is 6.59. The predicted octanol–water partition coefficient (Wildman–Crippen LogP) is 3.42. The number of nitrogens with two attached hydrogens (primary N) is 1. The van der Waals surface area contributed by atoms with E-state index in [0.29, 0.717) is 0 Å². The molecule has 2 nitrogen and oxygen atoms in total. The second-order valence-corrected chi connectivity index (χ2v) is 4.86. The van der Waals surface area contributed by atoms with E-state index in [0.717, 1.165) is 25.0 Å². The molecule has 2 aromatic rings. The van der Waals surface area contributed by atoms with Crippen molar-refractivity contribution in [2.75, 3.05) is 0 Å². The molecule has 3 heteroatoms. The Hall–Kier alpha value is -1.74. The highest BCUT2D eigenvalue weighted by molar-refractivity contribution is 5.19. The molecule has 2 rings (SSSR count). The molecule has 0 saturated heterocycles. The van der Waals surface area contributed by atoms with Crippen molar-refractivity contribution in [1.29, 1.82) is 0 Å². The average Bonchev–Trinajstić information content (AvgIpc) is 2.46. The van der Waals surface area contributed by atoms with Gasteiger partial charge in [0.2, 0.25) is 0 Å². The van der Waals surface area contributed by atoms with Crippen molar-refractivity contribution in [3.63, 3.8) is 0 Å². The highest BCUT2D eigenvalue weighted by Gasteiger charge is 2.26. The van der Waals surface area contributed by atoms with E-state index in [1.807, 2.05) is 25.1 Å². The number of aromatic nitrogens is 1. The first kappa shape index (κ1) is 13.7. The molecule has 0 aliphatic heterocycles. The number of rotatable bonds is 5. The number of halogens is 1. The summed E-state index contributed by atoms with van der Waals surface area (Å²) >= 11 is 0. The zero-order chi connectivity index (χ0) is 13.7. The number of benzene rings is 1. The van der Waals surface area contributed by atoms with Crippen LogP contribution in [-0.4, -0.2) is 4.98 Å². The van der Waals surface area contributed by atoms with E-state index in [1.165, 1.54) is 17.8 Å². The fraction of sp³-hybridized carbons (Fsp3) is 0.312. The highest BCUT2D eigenvalue weighted by atomic mass is 19.1. The van der Waals surface area contributed by atoms with Gasteiger partial charge in [0.1, 0.15) is 5.82 Å². The predicted molar refractivity (Wildman–Crippen MR) is 75.1 cm³/mol. The van der Waals surface area contributed by atoms with Gasteiger partial charge in [-0.1, -0.05) is 37.3 Å². The molecule has 1 aromatic heterocycles. The monoisotopic (exact) mass is 258 g/mol. The summed E-state index contributed by atoms with van der Waals surface area (Å²) in [7, 11) is 0. The maximum absolute atomic E-state index is 12.9. The van der Waals surface area contributed by atoms with Crippen molar-refractivity contribution in [1.82, 2.24) is 4.98 Å². The summed E-state index contributed by atoms with van der Waals surface area (Å²) < 4.78 is 12.9. The second kappa shape index (κ2) is 5.93. The maximum Gasteiger partial charge on any atom is 0.141 e. The quantitative estimate of drug-likeness (QED) is 0.892. The van der Waals surface area contributed by atoms with Gasteiger partial charge in [0.05, 0.1) is 17.4 Å². The van der Waals surface area contributed by atoms with E-state index in [-0.39, 0.29) is 5.82 Å². The topological polar surface area (TPSA) is 38.9 Å². The van der Waals surface area contributed by atoms with Gasteiger partial charge in [0.25, 0.3) is 0 Å². The third-order valence-corrected chi connectivity index (χ3v) is 3.57. The zero-order valence-corrected chi connectivity index (χ0v) is 11.1. The molecule has 0 saturated carbocycles. The maximum atomic E-state index is 12.9. The number of hydrogen-bond donors (Lipinski definition) is 1. The third-order valence-electron chi connectivity index (χ3n) is 3.57. The van der Waals surface area contributed by atoms with Gasteiger partial charge < -0.3 is 5.73 Å². The first-order chi connectivity index (χ1) is 9.14. The van der Waals surface area contributed by atoms with Crippen molar-refractivity contribution in [3.05, 3.63) is 65.7 Å². The second-order valence-electron chi connectivity index (χ2n) is 4.86. The van der Waals surface area contributed by atoms with Crippen LogP contribution in [0.4, 0.5) is 4.39 Å². The molecule has 2 N–H and O–H groups in total. The lowest BCUT2D eigenvalue weighted by Crippen LogP contribution is -2.37. The fourth-order valence-corrected chi connectivity index (χ4v) is 2.17. The molecule has 0 aliphatic carbocycles. The Bertz CT molecular complexity index is 510. The summed E-state index contributed by atoms with van der Waals surface area (Å²) in [5.41, 5.74) is 7.95. The lowest BCUT2D eigenvalue weighted by molar-refractivity contribution is 0.382. The van der Waals surface area contributed by atoms with E-state index in [4.69, 9.17) is 5.73 Å². The fourth-order valence-electron chi connectivity index (χ4n) is 2.17. The number of hydrogen-bond acceptors (Lipinski definition) is 2. The molecule has 0 amide bonds. The van der Waals surface area contributed by atoms with Crippen LogP contribution in [0.3, 0.4) is 0 Å². The van der Waals surface area contributed by atoms with Gasteiger partial charge in [-0.25, -0.2) is 4.39 Å². The van der Waals surface area contributed by atoms with Crippen molar-refractivity contribution >= 4 is 0 Å².